The van der Waals surface area contributed by atoms with Crippen molar-refractivity contribution in [1.29, 1.82) is 0 Å². The maximum atomic E-state index is 13.5. The van der Waals surface area contributed by atoms with E-state index in [4.69, 9.17) is 4.74 Å². The van der Waals surface area contributed by atoms with Crippen molar-refractivity contribution in [2.45, 2.75) is 25.4 Å². The monoisotopic (exact) mass is 337 g/mol. The highest BCUT2D eigenvalue weighted by Crippen LogP contribution is 2.23. The molecule has 1 aliphatic heterocycles. The molecule has 0 N–H and O–H groups in total. The number of ether oxygens (including phenoxy) is 1. The Bertz CT molecular complexity index is 669. The van der Waals surface area contributed by atoms with Crippen LogP contribution < -0.4 is 0 Å². The summed E-state index contributed by atoms with van der Waals surface area (Å²) in [6, 6.07) is 7.25. The number of rotatable bonds is 4. The number of amides is 1. The highest BCUT2D eigenvalue weighted by molar-refractivity contribution is 7.09. The number of hydrogen-bond acceptors (Lipinski definition) is 3. The van der Waals surface area contributed by atoms with Crippen LogP contribution in [-0.4, -0.2) is 30.1 Å². The van der Waals surface area contributed by atoms with E-state index >= 15 is 0 Å². The summed E-state index contributed by atoms with van der Waals surface area (Å²) >= 11 is 1.57. The molecule has 1 aliphatic rings. The molecule has 0 saturated carbocycles. The highest BCUT2D eigenvalue weighted by Gasteiger charge is 2.27. The molecule has 0 unspecified atom stereocenters. The van der Waals surface area contributed by atoms with Gasteiger partial charge in [-0.15, -0.1) is 11.3 Å². The number of thiophene rings is 1. The van der Waals surface area contributed by atoms with Crippen LogP contribution in [0.5, 0.6) is 0 Å². The zero-order valence-electron chi connectivity index (χ0n) is 12.5. The molecule has 3 rings (SSSR count). The molecule has 2 aromatic rings. The van der Waals surface area contributed by atoms with E-state index in [1.165, 1.54) is 6.07 Å². The van der Waals surface area contributed by atoms with Crippen LogP contribution in [0.15, 0.2) is 35.7 Å². The SMILES string of the molecule is O=C(c1ccc(F)c(F)c1)N(Cc1cccs1)C1CCOCC1. The molecule has 1 amide bonds. The molecule has 122 valence electrons. The standard InChI is InChI=1S/C17H17F2NO2S/c18-15-4-3-12(10-16(15)19)17(21)20(11-14-2-1-9-23-14)13-5-7-22-8-6-13/h1-4,9-10,13H,5-8,11H2. The van der Waals surface area contributed by atoms with Crippen molar-refractivity contribution in [2.24, 2.45) is 0 Å². The molecule has 1 aromatic carbocycles. The van der Waals surface area contributed by atoms with Gasteiger partial charge in [-0.1, -0.05) is 6.07 Å². The number of carbonyl (C=O) groups excluding carboxylic acids is 1. The number of nitrogens with zero attached hydrogens (tertiary/aromatic N) is 1. The van der Waals surface area contributed by atoms with Crippen LogP contribution in [0.4, 0.5) is 8.78 Å². The average Bonchev–Trinajstić information content (AvgIpc) is 3.08. The summed E-state index contributed by atoms with van der Waals surface area (Å²) in [4.78, 5) is 15.6. The molecule has 0 atom stereocenters. The van der Waals surface area contributed by atoms with Gasteiger partial charge in [0.2, 0.25) is 0 Å². The predicted octanol–water partition coefficient (Wildman–Crippen LogP) is 3.85. The van der Waals surface area contributed by atoms with Gasteiger partial charge in [0.15, 0.2) is 11.6 Å². The van der Waals surface area contributed by atoms with E-state index in [1.807, 2.05) is 17.5 Å². The number of hydrogen-bond donors (Lipinski definition) is 0. The van der Waals surface area contributed by atoms with Crippen molar-refractivity contribution in [3.63, 3.8) is 0 Å². The summed E-state index contributed by atoms with van der Waals surface area (Å²) in [5, 5.41) is 1.96. The van der Waals surface area contributed by atoms with E-state index in [2.05, 4.69) is 0 Å². The molecule has 0 aliphatic carbocycles. The van der Waals surface area contributed by atoms with E-state index in [0.29, 0.717) is 19.8 Å². The summed E-state index contributed by atoms with van der Waals surface area (Å²) in [5.74, 6) is -2.22. The Labute approximate surface area is 137 Å². The molecule has 1 fully saturated rings. The summed E-state index contributed by atoms with van der Waals surface area (Å²) in [7, 11) is 0. The van der Waals surface area contributed by atoms with Gasteiger partial charge >= 0.3 is 0 Å². The molecule has 0 bridgehead atoms. The second kappa shape index (κ2) is 7.19. The van der Waals surface area contributed by atoms with E-state index in [0.717, 1.165) is 29.9 Å². The van der Waals surface area contributed by atoms with Gasteiger partial charge in [0.05, 0.1) is 6.54 Å². The molecule has 0 radical (unpaired) electrons. The minimum atomic E-state index is -1.00. The number of benzene rings is 1. The van der Waals surface area contributed by atoms with Crippen molar-refractivity contribution in [3.8, 4) is 0 Å². The van der Waals surface area contributed by atoms with Gasteiger partial charge in [0.25, 0.3) is 5.91 Å². The second-order valence-electron chi connectivity index (χ2n) is 5.48. The van der Waals surface area contributed by atoms with Crippen LogP contribution in [0.1, 0.15) is 28.1 Å². The van der Waals surface area contributed by atoms with Crippen molar-refractivity contribution >= 4 is 17.2 Å². The minimum absolute atomic E-state index is 0.0477. The van der Waals surface area contributed by atoms with Gasteiger partial charge in [-0.2, -0.15) is 0 Å². The summed E-state index contributed by atoms with van der Waals surface area (Å²) in [6.45, 7) is 1.69. The Hall–Kier alpha value is -1.79. The molecule has 6 heteroatoms. The molecule has 1 aromatic heterocycles. The third-order valence-electron chi connectivity index (χ3n) is 3.97. The van der Waals surface area contributed by atoms with Crippen LogP contribution in [0.25, 0.3) is 0 Å². The molecule has 1 saturated heterocycles. The molecular weight excluding hydrogens is 320 g/mol. The fraction of sp³-hybridized carbons (Fsp3) is 0.353. The van der Waals surface area contributed by atoms with Gasteiger partial charge < -0.3 is 9.64 Å². The van der Waals surface area contributed by atoms with E-state index in [1.54, 1.807) is 16.2 Å². The minimum Gasteiger partial charge on any atom is -0.381 e. The first-order chi connectivity index (χ1) is 11.1. The lowest BCUT2D eigenvalue weighted by Gasteiger charge is -2.34. The van der Waals surface area contributed by atoms with Crippen molar-refractivity contribution in [2.75, 3.05) is 13.2 Å². The predicted molar refractivity (Wildman–Crippen MR) is 84.4 cm³/mol. The molecule has 2 heterocycles. The number of carbonyl (C=O) groups is 1. The second-order valence-corrected chi connectivity index (χ2v) is 6.52. The van der Waals surface area contributed by atoms with E-state index in [-0.39, 0.29) is 17.5 Å². The van der Waals surface area contributed by atoms with Gasteiger partial charge in [0, 0.05) is 29.7 Å². The quantitative estimate of drug-likeness (QED) is 0.848. The Morgan fingerprint density at radius 1 is 1.22 bits per heavy atom. The third kappa shape index (κ3) is 3.76. The largest absolute Gasteiger partial charge is 0.381 e. The normalized spacial score (nSPS) is 15.6. The van der Waals surface area contributed by atoms with E-state index in [9.17, 15) is 13.6 Å². The summed E-state index contributed by atoms with van der Waals surface area (Å²) in [5.41, 5.74) is 0.173. The van der Waals surface area contributed by atoms with Crippen LogP contribution in [0.3, 0.4) is 0 Å². The van der Waals surface area contributed by atoms with Crippen molar-refractivity contribution < 1.29 is 18.3 Å². The third-order valence-corrected chi connectivity index (χ3v) is 4.83. The molecular formula is C17H17F2NO2S. The van der Waals surface area contributed by atoms with Crippen molar-refractivity contribution in [1.82, 2.24) is 4.90 Å². The topological polar surface area (TPSA) is 29.5 Å². The first-order valence-corrected chi connectivity index (χ1v) is 8.39. The Balaban J connectivity index is 1.86. The van der Waals surface area contributed by atoms with Crippen LogP contribution in [0.2, 0.25) is 0 Å². The highest BCUT2D eigenvalue weighted by atomic mass is 32.1. The smallest absolute Gasteiger partial charge is 0.254 e. The van der Waals surface area contributed by atoms with Gasteiger partial charge in [-0.25, -0.2) is 8.78 Å². The fourth-order valence-corrected chi connectivity index (χ4v) is 3.43. The van der Waals surface area contributed by atoms with Crippen LogP contribution in [-0.2, 0) is 11.3 Å². The average molecular weight is 337 g/mol. The maximum Gasteiger partial charge on any atom is 0.254 e. The molecule has 3 nitrogen and oxygen atoms in total. The molecule has 0 spiro atoms. The Kier molecular flexibility index (Phi) is 5.03. The van der Waals surface area contributed by atoms with Crippen molar-refractivity contribution in [3.05, 3.63) is 57.8 Å². The van der Waals surface area contributed by atoms with Crippen LogP contribution >= 0.6 is 11.3 Å². The Morgan fingerprint density at radius 2 is 2.00 bits per heavy atom. The summed E-state index contributed by atoms with van der Waals surface area (Å²) in [6.07, 6.45) is 1.50. The van der Waals surface area contributed by atoms with Gasteiger partial charge in [-0.3, -0.25) is 4.79 Å². The van der Waals surface area contributed by atoms with Gasteiger partial charge in [-0.05, 0) is 42.5 Å². The van der Waals surface area contributed by atoms with E-state index < -0.39 is 11.6 Å². The lowest BCUT2D eigenvalue weighted by molar-refractivity contribution is 0.0269. The zero-order chi connectivity index (χ0) is 16.2. The zero-order valence-corrected chi connectivity index (χ0v) is 13.3. The number of halogens is 2. The van der Waals surface area contributed by atoms with Crippen LogP contribution in [0, 0.1) is 11.6 Å². The maximum absolute atomic E-state index is 13.5. The summed E-state index contributed by atoms with van der Waals surface area (Å²) < 4.78 is 31.9. The molecule has 23 heavy (non-hydrogen) atoms. The first kappa shape index (κ1) is 16.1. The fourth-order valence-electron chi connectivity index (χ4n) is 2.73. The Morgan fingerprint density at radius 3 is 2.65 bits per heavy atom. The van der Waals surface area contributed by atoms with Gasteiger partial charge in [0.1, 0.15) is 0 Å². The lowest BCUT2D eigenvalue weighted by atomic mass is 10.0. The first-order valence-electron chi connectivity index (χ1n) is 7.51. The lowest BCUT2D eigenvalue weighted by Crippen LogP contribution is -2.42.